The Hall–Kier alpha value is -0.810. The average Bonchev–Trinajstić information content (AvgIpc) is 2.37. The predicted molar refractivity (Wildman–Crippen MR) is 87.4 cm³/mol. The van der Waals surface area contributed by atoms with Crippen LogP contribution in [-0.4, -0.2) is 74.7 Å². The smallest absolute Gasteiger partial charge is 0.191 e. The molecule has 0 bridgehead atoms. The van der Waals surface area contributed by atoms with Crippen LogP contribution in [0.1, 0.15) is 33.6 Å². The van der Waals surface area contributed by atoms with Gasteiger partial charge in [-0.3, -0.25) is 4.99 Å². The van der Waals surface area contributed by atoms with Crippen LogP contribution in [0.25, 0.3) is 0 Å². The van der Waals surface area contributed by atoms with Gasteiger partial charge >= 0.3 is 0 Å². The van der Waals surface area contributed by atoms with Gasteiger partial charge < -0.3 is 20.4 Å². The van der Waals surface area contributed by atoms with E-state index in [-0.39, 0.29) is 5.54 Å². The van der Waals surface area contributed by atoms with Crippen molar-refractivity contribution in [2.45, 2.75) is 39.2 Å². The zero-order chi connectivity index (χ0) is 15.0. The second-order valence-corrected chi connectivity index (χ2v) is 6.73. The van der Waals surface area contributed by atoms with E-state index in [4.69, 9.17) is 0 Å². The average molecular weight is 283 g/mol. The first-order valence-corrected chi connectivity index (χ1v) is 7.80. The van der Waals surface area contributed by atoms with Crippen LogP contribution in [0.5, 0.6) is 0 Å². The molecule has 0 radical (unpaired) electrons. The van der Waals surface area contributed by atoms with Gasteiger partial charge in [0.15, 0.2) is 5.96 Å². The molecule has 0 spiro atoms. The van der Waals surface area contributed by atoms with Gasteiger partial charge in [0.25, 0.3) is 0 Å². The summed E-state index contributed by atoms with van der Waals surface area (Å²) < 4.78 is 0. The van der Waals surface area contributed by atoms with Crippen molar-refractivity contribution in [2.75, 3.05) is 53.4 Å². The zero-order valence-corrected chi connectivity index (χ0v) is 14.0. The third kappa shape index (κ3) is 7.70. The lowest BCUT2D eigenvalue weighted by atomic mass is 10.1. The Morgan fingerprint density at radius 1 is 1.10 bits per heavy atom. The Balaban J connectivity index is 2.06. The fourth-order valence-electron chi connectivity index (χ4n) is 2.27. The number of nitrogens with one attached hydrogen (secondary N) is 2. The van der Waals surface area contributed by atoms with Crippen molar-refractivity contribution in [2.24, 2.45) is 4.99 Å². The topological polar surface area (TPSA) is 42.9 Å². The third-order valence-electron chi connectivity index (χ3n) is 3.51. The summed E-state index contributed by atoms with van der Waals surface area (Å²) in [5.74, 6) is 0.900. The molecule has 1 heterocycles. The quantitative estimate of drug-likeness (QED) is 0.448. The molecule has 0 aromatic rings. The molecule has 0 amide bonds. The first kappa shape index (κ1) is 17.2. The minimum atomic E-state index is 0.0572. The van der Waals surface area contributed by atoms with E-state index in [0.29, 0.717) is 0 Å². The van der Waals surface area contributed by atoms with Crippen LogP contribution < -0.4 is 10.6 Å². The van der Waals surface area contributed by atoms with Crippen LogP contribution >= 0.6 is 0 Å². The molecule has 1 aliphatic heterocycles. The normalized spacial score (nSPS) is 19.1. The third-order valence-corrected chi connectivity index (χ3v) is 3.51. The van der Waals surface area contributed by atoms with Gasteiger partial charge in [0.1, 0.15) is 0 Å². The summed E-state index contributed by atoms with van der Waals surface area (Å²) in [5, 5.41) is 6.76. The first-order chi connectivity index (χ1) is 9.40. The van der Waals surface area contributed by atoms with Crippen molar-refractivity contribution < 1.29 is 0 Å². The van der Waals surface area contributed by atoms with Crippen molar-refractivity contribution in [3.63, 3.8) is 0 Å². The zero-order valence-electron chi connectivity index (χ0n) is 14.0. The molecule has 1 aliphatic rings. The lowest BCUT2D eigenvalue weighted by molar-refractivity contribution is 0.152. The summed E-state index contributed by atoms with van der Waals surface area (Å²) in [7, 11) is 4.03. The van der Waals surface area contributed by atoms with Gasteiger partial charge in [-0.15, -0.1) is 0 Å². The second-order valence-electron chi connectivity index (χ2n) is 6.73. The van der Waals surface area contributed by atoms with E-state index < -0.39 is 0 Å². The molecule has 20 heavy (non-hydrogen) atoms. The summed E-state index contributed by atoms with van der Waals surface area (Å²) in [6, 6.07) is 0. The van der Waals surface area contributed by atoms with Crippen LogP contribution in [0, 0.1) is 0 Å². The minimum absolute atomic E-state index is 0.0572. The van der Waals surface area contributed by atoms with E-state index in [1.54, 1.807) is 0 Å². The number of rotatable bonds is 5. The molecule has 0 aliphatic carbocycles. The number of hydrogen-bond acceptors (Lipinski definition) is 3. The minimum Gasteiger partial charge on any atom is -0.356 e. The van der Waals surface area contributed by atoms with Gasteiger partial charge in [-0.25, -0.2) is 0 Å². The molecule has 5 heteroatoms. The van der Waals surface area contributed by atoms with E-state index in [2.05, 4.69) is 53.2 Å². The van der Waals surface area contributed by atoms with E-state index in [1.165, 1.54) is 45.6 Å². The fraction of sp³-hybridized carbons (Fsp3) is 0.933. The Kier molecular flexibility index (Phi) is 7.30. The number of unbranched alkanes of at least 4 members (excludes halogenated alkanes) is 1. The summed E-state index contributed by atoms with van der Waals surface area (Å²) in [5.41, 5.74) is 0.0572. The van der Waals surface area contributed by atoms with Gasteiger partial charge in [0.05, 0.1) is 0 Å². The molecule has 1 saturated heterocycles. The summed E-state index contributed by atoms with van der Waals surface area (Å²) in [6.45, 7) is 13.5. The van der Waals surface area contributed by atoms with Gasteiger partial charge in [0, 0.05) is 45.3 Å². The summed E-state index contributed by atoms with van der Waals surface area (Å²) in [6.07, 6.45) is 2.44. The highest BCUT2D eigenvalue weighted by atomic mass is 15.2. The van der Waals surface area contributed by atoms with Gasteiger partial charge in [-0.05, 0) is 47.2 Å². The first-order valence-electron chi connectivity index (χ1n) is 7.80. The van der Waals surface area contributed by atoms with Gasteiger partial charge in [-0.2, -0.15) is 0 Å². The number of guanidine groups is 1. The van der Waals surface area contributed by atoms with Crippen LogP contribution in [0.4, 0.5) is 0 Å². The number of likely N-dealkylation sites (N-methyl/N-ethyl adjacent to an activating group) is 1. The van der Waals surface area contributed by atoms with E-state index in [0.717, 1.165) is 12.5 Å². The summed E-state index contributed by atoms with van der Waals surface area (Å²) >= 11 is 0. The van der Waals surface area contributed by atoms with Crippen LogP contribution in [0.3, 0.4) is 0 Å². The lowest BCUT2D eigenvalue weighted by Crippen LogP contribution is -2.48. The summed E-state index contributed by atoms with van der Waals surface area (Å²) in [4.78, 5) is 9.22. The maximum Gasteiger partial charge on any atom is 0.191 e. The number of nitrogens with zero attached hydrogens (tertiary/aromatic N) is 3. The van der Waals surface area contributed by atoms with Crippen molar-refractivity contribution in [1.29, 1.82) is 0 Å². The Labute approximate surface area is 124 Å². The number of aliphatic imine (C=N–C) groups is 1. The van der Waals surface area contributed by atoms with Crippen molar-refractivity contribution in [1.82, 2.24) is 20.4 Å². The molecule has 0 aromatic heterocycles. The largest absolute Gasteiger partial charge is 0.356 e. The van der Waals surface area contributed by atoms with Crippen LogP contribution in [0.2, 0.25) is 0 Å². The monoisotopic (exact) mass is 283 g/mol. The molecule has 0 unspecified atom stereocenters. The molecule has 118 valence electrons. The van der Waals surface area contributed by atoms with E-state index in [9.17, 15) is 0 Å². The van der Waals surface area contributed by atoms with E-state index in [1.807, 2.05) is 7.05 Å². The SMILES string of the molecule is CN=C(NCCCCN1CCN(C)CC1)NC(C)(C)C. The van der Waals surface area contributed by atoms with Crippen LogP contribution in [-0.2, 0) is 0 Å². The van der Waals surface area contributed by atoms with Crippen molar-refractivity contribution in [3.05, 3.63) is 0 Å². The second kappa shape index (κ2) is 8.47. The molecule has 5 nitrogen and oxygen atoms in total. The maximum atomic E-state index is 4.25. The van der Waals surface area contributed by atoms with E-state index >= 15 is 0 Å². The molecule has 0 atom stereocenters. The van der Waals surface area contributed by atoms with Gasteiger partial charge in [-0.1, -0.05) is 0 Å². The Morgan fingerprint density at radius 3 is 2.30 bits per heavy atom. The van der Waals surface area contributed by atoms with Gasteiger partial charge in [0.2, 0.25) is 0 Å². The predicted octanol–water partition coefficient (Wildman–Crippen LogP) is 0.978. The molecule has 2 N–H and O–H groups in total. The lowest BCUT2D eigenvalue weighted by Gasteiger charge is -2.32. The maximum absolute atomic E-state index is 4.25. The highest BCUT2D eigenvalue weighted by Crippen LogP contribution is 2.01. The molecule has 1 rings (SSSR count). The molecule has 1 fully saturated rings. The fourth-order valence-corrected chi connectivity index (χ4v) is 2.27. The van der Waals surface area contributed by atoms with Crippen LogP contribution in [0.15, 0.2) is 4.99 Å². The Bertz CT molecular complexity index is 287. The molecule has 0 saturated carbocycles. The highest BCUT2D eigenvalue weighted by Gasteiger charge is 2.13. The number of hydrogen-bond donors (Lipinski definition) is 2. The Morgan fingerprint density at radius 2 is 1.75 bits per heavy atom. The highest BCUT2D eigenvalue weighted by molar-refractivity contribution is 5.80. The molecular weight excluding hydrogens is 250 g/mol. The molecular formula is C15H33N5. The number of piperazine rings is 1. The standard InChI is InChI=1S/C15H33N5/c1-15(2,3)18-14(16-4)17-8-6-7-9-20-12-10-19(5)11-13-20/h6-13H2,1-5H3,(H2,16,17,18). The van der Waals surface area contributed by atoms with Crippen molar-refractivity contribution >= 4 is 5.96 Å². The molecule has 0 aromatic carbocycles. The van der Waals surface area contributed by atoms with Crippen molar-refractivity contribution in [3.8, 4) is 0 Å².